The van der Waals surface area contributed by atoms with E-state index in [1.165, 1.54) is 9.60 Å². The molecule has 0 bridgehead atoms. The largest absolute Gasteiger partial charge is 0.343 e. The van der Waals surface area contributed by atoms with Crippen LogP contribution in [0.4, 0.5) is 10.9 Å². The predicted octanol–water partition coefficient (Wildman–Crippen LogP) is 7.92. The summed E-state index contributed by atoms with van der Waals surface area (Å²) in [5.41, 5.74) is 2.12. The molecule has 6 rings (SSSR count). The van der Waals surface area contributed by atoms with Gasteiger partial charge in [-0.25, -0.2) is 9.97 Å². The summed E-state index contributed by atoms with van der Waals surface area (Å²) in [6.45, 7) is 3.25. The highest BCUT2D eigenvalue weighted by atomic mass is 32.2. The zero-order chi connectivity index (χ0) is 25.9. The molecule has 1 aliphatic heterocycles. The molecule has 10 heteroatoms. The van der Waals surface area contributed by atoms with E-state index in [1.807, 2.05) is 23.4 Å². The maximum absolute atomic E-state index is 11.7. The van der Waals surface area contributed by atoms with E-state index in [2.05, 4.69) is 63.5 Å². The van der Waals surface area contributed by atoms with Crippen molar-refractivity contribution in [1.82, 2.24) is 19.9 Å². The third kappa shape index (κ3) is 5.73. The molecular formula is C28H25N5OS4. The third-order valence-corrected chi connectivity index (χ3v) is 10.3. The maximum atomic E-state index is 11.7. The highest BCUT2D eigenvalue weighted by Gasteiger charge is 2.24. The van der Waals surface area contributed by atoms with E-state index in [4.69, 9.17) is 9.97 Å². The van der Waals surface area contributed by atoms with Gasteiger partial charge < -0.3 is 10.2 Å². The van der Waals surface area contributed by atoms with Gasteiger partial charge in [0.25, 0.3) is 0 Å². The van der Waals surface area contributed by atoms with Crippen molar-refractivity contribution < 1.29 is 4.79 Å². The fourth-order valence-electron chi connectivity index (χ4n) is 4.45. The second-order valence-corrected chi connectivity index (χ2v) is 13.0. The predicted molar refractivity (Wildman–Crippen MR) is 158 cm³/mol. The van der Waals surface area contributed by atoms with Gasteiger partial charge in [0.05, 0.1) is 20.8 Å². The van der Waals surface area contributed by atoms with E-state index in [1.54, 1.807) is 53.1 Å². The second-order valence-electron chi connectivity index (χ2n) is 8.96. The number of hydrogen-bond acceptors (Lipinski definition) is 9. The number of piperidine rings is 1. The van der Waals surface area contributed by atoms with Crippen LogP contribution in [0.3, 0.4) is 0 Å². The molecule has 5 aromatic rings. The molecule has 1 aliphatic rings. The minimum Gasteiger partial charge on any atom is -0.343 e. The monoisotopic (exact) mass is 575 g/mol. The van der Waals surface area contributed by atoms with E-state index in [-0.39, 0.29) is 5.91 Å². The minimum absolute atomic E-state index is 0.156. The zero-order valence-electron chi connectivity index (χ0n) is 20.7. The molecule has 6 nitrogen and oxygen atoms in total. The van der Waals surface area contributed by atoms with Gasteiger partial charge in [0.15, 0.2) is 5.13 Å². The van der Waals surface area contributed by atoms with Gasteiger partial charge in [0.1, 0.15) is 5.82 Å². The molecule has 4 aromatic heterocycles. The number of thiazole rings is 1. The first kappa shape index (κ1) is 25.4. The molecule has 0 spiro atoms. The van der Waals surface area contributed by atoms with Crippen LogP contribution in [0.2, 0.25) is 0 Å². The average Bonchev–Trinajstić information content (AvgIpc) is 3.61. The summed E-state index contributed by atoms with van der Waals surface area (Å²) in [6, 6.07) is 16.7. The minimum atomic E-state index is 0.156. The number of carbonyl (C=O) groups is 1. The summed E-state index contributed by atoms with van der Waals surface area (Å²) < 4.78 is 1.20. The molecule has 0 radical (unpaired) electrons. The number of thiophene rings is 1. The van der Waals surface area contributed by atoms with E-state index in [0.717, 1.165) is 62.8 Å². The van der Waals surface area contributed by atoms with Crippen molar-refractivity contribution >= 4 is 73.3 Å². The van der Waals surface area contributed by atoms with Crippen molar-refractivity contribution in [2.75, 3.05) is 18.4 Å². The van der Waals surface area contributed by atoms with Crippen LogP contribution in [0.5, 0.6) is 0 Å². The van der Waals surface area contributed by atoms with Crippen LogP contribution in [0.25, 0.3) is 10.2 Å². The van der Waals surface area contributed by atoms with Crippen molar-refractivity contribution in [3.8, 4) is 0 Å². The number of benzene rings is 1. The molecule has 0 atom stereocenters. The standard InChI is InChI=1S/C28H25N5OS4/c1-18(34)33-12-8-19(9-13-33)23-17-36-28(31-23)32-27-25(37-20-5-3-2-4-6-20)15-21(16-30-27)38-24-7-11-29-22-10-14-35-26(22)24/h2-7,10-11,14-17,19H,8-9,12-13H2,1H3,(H,30,31,32). The fraction of sp³-hybridized carbons (Fsp3) is 0.214. The Morgan fingerprint density at radius 3 is 2.63 bits per heavy atom. The summed E-state index contributed by atoms with van der Waals surface area (Å²) in [7, 11) is 0. The van der Waals surface area contributed by atoms with E-state index < -0.39 is 0 Å². The summed E-state index contributed by atoms with van der Waals surface area (Å²) in [5, 5.41) is 8.55. The van der Waals surface area contributed by atoms with Gasteiger partial charge in [-0.2, -0.15) is 0 Å². The molecular weight excluding hydrogens is 551 g/mol. The number of hydrogen-bond donors (Lipinski definition) is 1. The van der Waals surface area contributed by atoms with Crippen molar-refractivity contribution in [2.24, 2.45) is 0 Å². The van der Waals surface area contributed by atoms with Gasteiger partial charge in [-0.3, -0.25) is 9.78 Å². The smallest absolute Gasteiger partial charge is 0.219 e. The van der Waals surface area contributed by atoms with Crippen LogP contribution >= 0.6 is 46.2 Å². The molecule has 1 aromatic carbocycles. The number of pyridine rings is 2. The zero-order valence-corrected chi connectivity index (χ0v) is 23.9. The Morgan fingerprint density at radius 1 is 1.00 bits per heavy atom. The van der Waals surface area contributed by atoms with Gasteiger partial charge >= 0.3 is 0 Å². The van der Waals surface area contributed by atoms with Gasteiger partial charge in [-0.05, 0) is 48.6 Å². The second kappa shape index (κ2) is 11.4. The molecule has 38 heavy (non-hydrogen) atoms. The molecule has 0 aliphatic carbocycles. The third-order valence-electron chi connectivity index (χ3n) is 6.44. The lowest BCUT2D eigenvalue weighted by molar-refractivity contribution is -0.129. The SMILES string of the molecule is CC(=O)N1CCC(c2csc(Nc3ncc(Sc4ccnc5ccsc45)cc3Sc3ccccc3)n2)CC1. The van der Waals surface area contributed by atoms with Crippen LogP contribution in [-0.2, 0) is 4.79 Å². The van der Waals surface area contributed by atoms with Gasteiger partial charge in [0, 0.05) is 58.4 Å². The topological polar surface area (TPSA) is 71.0 Å². The number of fused-ring (bicyclic) bond motifs is 1. The molecule has 1 amide bonds. The van der Waals surface area contributed by atoms with Crippen LogP contribution in [-0.4, -0.2) is 38.8 Å². The molecule has 0 saturated carbocycles. The molecule has 1 N–H and O–H groups in total. The van der Waals surface area contributed by atoms with Crippen molar-refractivity contribution in [3.05, 3.63) is 77.4 Å². The summed E-state index contributed by atoms with van der Waals surface area (Å²) in [6.07, 6.45) is 5.70. The number of rotatable bonds is 7. The number of carbonyl (C=O) groups excluding carboxylic acids is 1. The Bertz CT molecular complexity index is 1560. The number of amides is 1. The molecule has 5 heterocycles. The first-order chi connectivity index (χ1) is 18.6. The lowest BCUT2D eigenvalue weighted by Gasteiger charge is -2.30. The van der Waals surface area contributed by atoms with Gasteiger partial charge in [-0.15, -0.1) is 22.7 Å². The molecule has 192 valence electrons. The normalized spacial score (nSPS) is 14.2. The first-order valence-electron chi connectivity index (χ1n) is 12.3. The lowest BCUT2D eigenvalue weighted by atomic mass is 9.94. The van der Waals surface area contributed by atoms with Crippen molar-refractivity contribution in [3.63, 3.8) is 0 Å². The van der Waals surface area contributed by atoms with Crippen LogP contribution in [0.15, 0.2) is 91.3 Å². The highest BCUT2D eigenvalue weighted by molar-refractivity contribution is 8.00. The van der Waals surface area contributed by atoms with E-state index in [0.29, 0.717) is 5.92 Å². The molecule has 0 unspecified atom stereocenters. The van der Waals surface area contributed by atoms with Crippen LogP contribution in [0.1, 0.15) is 31.4 Å². The Balaban J connectivity index is 1.24. The van der Waals surface area contributed by atoms with E-state index >= 15 is 0 Å². The van der Waals surface area contributed by atoms with E-state index in [9.17, 15) is 4.79 Å². The number of likely N-dealkylation sites (tertiary alicyclic amines) is 1. The first-order valence-corrected chi connectivity index (χ1v) is 15.7. The quantitative estimate of drug-likeness (QED) is 0.211. The number of anilines is 2. The summed E-state index contributed by atoms with van der Waals surface area (Å²) >= 11 is 6.72. The Hall–Kier alpha value is -2.92. The van der Waals surface area contributed by atoms with Gasteiger partial charge in [0.2, 0.25) is 5.91 Å². The number of nitrogens with zero attached hydrogens (tertiary/aromatic N) is 4. The molecule has 1 saturated heterocycles. The number of nitrogens with one attached hydrogen (secondary N) is 1. The van der Waals surface area contributed by atoms with Crippen molar-refractivity contribution in [1.29, 1.82) is 0 Å². The van der Waals surface area contributed by atoms with Crippen LogP contribution < -0.4 is 5.32 Å². The maximum Gasteiger partial charge on any atom is 0.219 e. The highest BCUT2D eigenvalue weighted by Crippen LogP contribution is 2.40. The van der Waals surface area contributed by atoms with Crippen molar-refractivity contribution in [2.45, 2.75) is 45.3 Å². The van der Waals surface area contributed by atoms with Gasteiger partial charge in [-0.1, -0.05) is 41.7 Å². The summed E-state index contributed by atoms with van der Waals surface area (Å²) in [5.74, 6) is 1.34. The Labute approximate surface area is 237 Å². The molecule has 1 fully saturated rings. The summed E-state index contributed by atoms with van der Waals surface area (Å²) in [4.78, 5) is 32.3. The average molecular weight is 576 g/mol. The lowest BCUT2D eigenvalue weighted by Crippen LogP contribution is -2.36. The number of aromatic nitrogens is 3. The Morgan fingerprint density at radius 2 is 1.82 bits per heavy atom. The fourth-order valence-corrected chi connectivity index (χ4v) is 8.14. The van der Waals surface area contributed by atoms with Crippen LogP contribution in [0, 0.1) is 0 Å². The Kier molecular flexibility index (Phi) is 7.64.